The van der Waals surface area contributed by atoms with Crippen molar-refractivity contribution in [3.63, 3.8) is 0 Å². The van der Waals surface area contributed by atoms with Crippen LogP contribution < -0.4 is 4.74 Å². The van der Waals surface area contributed by atoms with Crippen molar-refractivity contribution in [1.82, 2.24) is 4.98 Å². The molecule has 0 aliphatic rings. The average molecular weight is 162 g/mol. The number of ether oxygens (including phenoxy) is 1. The van der Waals surface area contributed by atoms with Crippen molar-refractivity contribution in [1.29, 1.82) is 5.26 Å². The molecule has 0 aromatic carbocycles. The van der Waals surface area contributed by atoms with Gasteiger partial charge in [-0.1, -0.05) is 0 Å². The van der Waals surface area contributed by atoms with Crippen LogP contribution in [0.25, 0.3) is 0 Å². The Labute approximate surface area is 69.4 Å². The van der Waals surface area contributed by atoms with Crippen LogP contribution in [0.15, 0.2) is 12.1 Å². The zero-order valence-corrected chi connectivity index (χ0v) is 6.44. The van der Waals surface area contributed by atoms with E-state index in [1.165, 1.54) is 19.2 Å². The minimum Gasteiger partial charge on any atom is -0.481 e. The van der Waals surface area contributed by atoms with Gasteiger partial charge in [-0.05, 0) is 6.07 Å². The molecule has 1 aromatic heterocycles. The van der Waals surface area contributed by atoms with Crippen LogP contribution in [0.1, 0.15) is 16.1 Å². The fourth-order valence-corrected chi connectivity index (χ4v) is 0.755. The second-order valence-corrected chi connectivity index (χ2v) is 2.06. The van der Waals surface area contributed by atoms with Crippen LogP contribution in [0.4, 0.5) is 0 Å². The highest BCUT2D eigenvalue weighted by Gasteiger charge is 2.00. The smallest absolute Gasteiger partial charge is 0.214 e. The van der Waals surface area contributed by atoms with Gasteiger partial charge in [-0.3, -0.25) is 4.79 Å². The Morgan fingerprint density at radius 1 is 1.67 bits per heavy atom. The quantitative estimate of drug-likeness (QED) is 0.602. The molecule has 0 unspecified atom stereocenters. The number of aldehydes is 1. The first-order valence-corrected chi connectivity index (χ1v) is 3.21. The van der Waals surface area contributed by atoms with Gasteiger partial charge in [0, 0.05) is 11.6 Å². The van der Waals surface area contributed by atoms with E-state index in [-0.39, 0.29) is 11.6 Å². The lowest BCUT2D eigenvalue weighted by Crippen LogP contribution is -1.93. The number of rotatable bonds is 2. The van der Waals surface area contributed by atoms with Crippen LogP contribution in [0, 0.1) is 11.3 Å². The third kappa shape index (κ3) is 1.58. The lowest BCUT2D eigenvalue weighted by atomic mass is 10.2. The first-order valence-electron chi connectivity index (χ1n) is 3.21. The van der Waals surface area contributed by atoms with Gasteiger partial charge in [-0.25, -0.2) is 4.98 Å². The van der Waals surface area contributed by atoms with Crippen molar-refractivity contribution >= 4 is 6.29 Å². The number of hydrogen-bond acceptors (Lipinski definition) is 4. The molecule has 0 N–H and O–H groups in total. The maximum atomic E-state index is 10.4. The summed E-state index contributed by atoms with van der Waals surface area (Å²) in [5.74, 6) is 0.274. The molecule has 0 saturated carbocycles. The molecule has 0 bridgehead atoms. The largest absolute Gasteiger partial charge is 0.481 e. The van der Waals surface area contributed by atoms with Crippen molar-refractivity contribution in [3.8, 4) is 11.9 Å². The Morgan fingerprint density at radius 2 is 2.42 bits per heavy atom. The Hall–Kier alpha value is -1.89. The van der Waals surface area contributed by atoms with Gasteiger partial charge < -0.3 is 4.74 Å². The molecule has 4 nitrogen and oxygen atoms in total. The molecule has 0 spiro atoms. The van der Waals surface area contributed by atoms with Crippen LogP contribution in [-0.4, -0.2) is 18.4 Å². The normalized spacial score (nSPS) is 8.67. The van der Waals surface area contributed by atoms with Gasteiger partial charge in [-0.15, -0.1) is 0 Å². The Bertz CT molecular complexity index is 341. The number of carbonyl (C=O) groups excluding carboxylic acids is 1. The van der Waals surface area contributed by atoms with Crippen molar-refractivity contribution in [3.05, 3.63) is 23.4 Å². The Kier molecular flexibility index (Phi) is 2.38. The first kappa shape index (κ1) is 8.21. The minimum absolute atomic E-state index is 0.177. The molecular weight excluding hydrogens is 156 g/mol. The van der Waals surface area contributed by atoms with Gasteiger partial charge in [0.05, 0.1) is 7.11 Å². The lowest BCUT2D eigenvalue weighted by molar-refractivity contribution is 0.112. The molecule has 12 heavy (non-hydrogen) atoms. The molecule has 60 valence electrons. The maximum absolute atomic E-state index is 10.4. The second-order valence-electron chi connectivity index (χ2n) is 2.06. The Morgan fingerprint density at radius 3 is 2.92 bits per heavy atom. The predicted molar refractivity (Wildman–Crippen MR) is 40.9 cm³/mol. The van der Waals surface area contributed by atoms with Crippen molar-refractivity contribution in [2.24, 2.45) is 0 Å². The number of pyridine rings is 1. The predicted octanol–water partition coefficient (Wildman–Crippen LogP) is 0.774. The third-order valence-electron chi connectivity index (χ3n) is 1.28. The van der Waals surface area contributed by atoms with E-state index in [4.69, 9.17) is 10.00 Å². The molecule has 0 aliphatic heterocycles. The molecule has 0 fully saturated rings. The monoisotopic (exact) mass is 162 g/mol. The van der Waals surface area contributed by atoms with Gasteiger partial charge in [0.15, 0.2) is 0 Å². The summed E-state index contributed by atoms with van der Waals surface area (Å²) < 4.78 is 4.78. The van der Waals surface area contributed by atoms with Crippen LogP contribution in [-0.2, 0) is 0 Å². The van der Waals surface area contributed by atoms with Crippen LogP contribution in [0.5, 0.6) is 5.88 Å². The summed E-state index contributed by atoms with van der Waals surface area (Å²) in [6.45, 7) is 0. The summed E-state index contributed by atoms with van der Waals surface area (Å²) in [4.78, 5) is 14.1. The summed E-state index contributed by atoms with van der Waals surface area (Å²) in [5, 5.41) is 8.49. The van der Waals surface area contributed by atoms with Gasteiger partial charge in [0.25, 0.3) is 0 Å². The van der Waals surface area contributed by atoms with Crippen LogP contribution >= 0.6 is 0 Å². The summed E-state index contributed by atoms with van der Waals surface area (Å²) in [6.07, 6.45) is 0.644. The molecule has 1 heterocycles. The van der Waals surface area contributed by atoms with Crippen LogP contribution in [0.3, 0.4) is 0 Å². The molecule has 0 amide bonds. The number of methoxy groups -OCH3 is 1. The van der Waals surface area contributed by atoms with Crippen molar-refractivity contribution in [2.75, 3.05) is 7.11 Å². The summed E-state index contributed by atoms with van der Waals surface area (Å²) >= 11 is 0. The number of carbonyl (C=O) groups is 1. The van der Waals surface area contributed by atoms with Gasteiger partial charge >= 0.3 is 0 Å². The van der Waals surface area contributed by atoms with E-state index in [1.807, 2.05) is 6.07 Å². The SMILES string of the molecule is COc1cc(C=O)cc(C#N)n1. The Balaban J connectivity index is 3.21. The molecule has 0 atom stereocenters. The maximum Gasteiger partial charge on any atom is 0.214 e. The van der Waals surface area contributed by atoms with E-state index in [1.54, 1.807) is 0 Å². The summed E-state index contributed by atoms with van der Waals surface area (Å²) in [5.41, 5.74) is 0.565. The number of nitrogens with zero attached hydrogens (tertiary/aromatic N) is 2. The van der Waals surface area contributed by atoms with E-state index in [9.17, 15) is 4.79 Å². The highest BCUT2D eigenvalue weighted by atomic mass is 16.5. The van der Waals surface area contributed by atoms with Crippen LogP contribution in [0.2, 0.25) is 0 Å². The zero-order chi connectivity index (χ0) is 8.97. The molecule has 0 aliphatic carbocycles. The van der Waals surface area contributed by atoms with Gasteiger partial charge in [0.1, 0.15) is 18.0 Å². The number of nitriles is 1. The molecule has 4 heteroatoms. The average Bonchev–Trinajstić information content (AvgIpc) is 2.16. The molecule has 1 rings (SSSR count). The molecule has 0 saturated heterocycles. The summed E-state index contributed by atoms with van der Waals surface area (Å²) in [7, 11) is 1.43. The lowest BCUT2D eigenvalue weighted by Gasteiger charge is -1.98. The van der Waals surface area contributed by atoms with E-state index >= 15 is 0 Å². The fraction of sp³-hybridized carbons (Fsp3) is 0.125. The minimum atomic E-state index is 0.177. The second kappa shape index (κ2) is 3.49. The van der Waals surface area contributed by atoms with Gasteiger partial charge in [-0.2, -0.15) is 5.26 Å². The fourth-order valence-electron chi connectivity index (χ4n) is 0.755. The molecule has 1 aromatic rings. The van der Waals surface area contributed by atoms with E-state index in [0.29, 0.717) is 11.8 Å². The standard InChI is InChI=1S/C8H6N2O2/c1-12-8-3-6(5-11)2-7(4-9)10-8/h2-3,5H,1H3. The number of hydrogen-bond donors (Lipinski definition) is 0. The van der Waals surface area contributed by atoms with E-state index in [0.717, 1.165) is 0 Å². The zero-order valence-electron chi connectivity index (χ0n) is 6.44. The van der Waals surface area contributed by atoms with Gasteiger partial charge in [0.2, 0.25) is 5.88 Å². The van der Waals surface area contributed by atoms with E-state index < -0.39 is 0 Å². The highest BCUT2D eigenvalue weighted by molar-refractivity contribution is 5.75. The summed E-state index contributed by atoms with van der Waals surface area (Å²) in [6, 6.07) is 4.69. The van der Waals surface area contributed by atoms with Crippen molar-refractivity contribution < 1.29 is 9.53 Å². The van der Waals surface area contributed by atoms with Crippen molar-refractivity contribution in [2.45, 2.75) is 0 Å². The first-order chi connectivity index (χ1) is 5.80. The molecular formula is C8H6N2O2. The topological polar surface area (TPSA) is 63.0 Å². The van der Waals surface area contributed by atoms with E-state index in [2.05, 4.69) is 4.98 Å². The molecule has 0 radical (unpaired) electrons. The third-order valence-corrected chi connectivity index (χ3v) is 1.28. The number of aromatic nitrogens is 1. The highest BCUT2D eigenvalue weighted by Crippen LogP contribution is 2.09.